The third-order valence-corrected chi connectivity index (χ3v) is 10.1. The molecule has 2 bridgehead atoms. The van der Waals surface area contributed by atoms with E-state index < -0.39 is 29.6 Å². The van der Waals surface area contributed by atoms with Crippen LogP contribution in [0.4, 0.5) is 5.69 Å². The number of hydrogen-bond acceptors (Lipinski definition) is 6. The number of nitrogens with zero attached hydrogens (tertiary/aromatic N) is 2. The number of fused-ring (bicyclic) bond motifs is 1. The first kappa shape index (κ1) is 33.3. The zero-order chi connectivity index (χ0) is 30.0. The lowest BCUT2D eigenvalue weighted by Crippen LogP contribution is -2.58. The maximum Gasteiger partial charge on any atom is 0.246 e. The number of likely N-dealkylation sites (tertiary alicyclic amines) is 1. The minimum atomic E-state index is -1.15. The molecule has 1 aromatic rings. The summed E-state index contributed by atoms with van der Waals surface area (Å²) in [6.07, 6.45) is 9.38. The Kier molecular flexibility index (Phi) is 10.8. The Bertz CT molecular complexity index is 1180. The third kappa shape index (κ3) is 6.45. The Labute approximate surface area is 262 Å². The number of halogens is 1. The van der Waals surface area contributed by atoms with Gasteiger partial charge in [0.2, 0.25) is 17.7 Å². The van der Waals surface area contributed by atoms with E-state index in [-0.39, 0.29) is 36.2 Å². The number of amides is 3. The fourth-order valence-electron chi connectivity index (χ4n) is 7.51. The molecule has 3 fully saturated rings. The highest BCUT2D eigenvalue weighted by Gasteiger charge is 2.72. The summed E-state index contributed by atoms with van der Waals surface area (Å²) >= 11 is 0. The average molecular weight is 617 g/mol. The zero-order valence-corrected chi connectivity index (χ0v) is 27.0. The second-order valence-corrected chi connectivity index (χ2v) is 12.8. The molecule has 2 N–H and O–H groups in total. The van der Waals surface area contributed by atoms with E-state index in [2.05, 4.69) is 43.4 Å². The zero-order valence-electron chi connectivity index (χ0n) is 26.2. The van der Waals surface area contributed by atoms with Gasteiger partial charge in [-0.15, -0.1) is 12.4 Å². The standard InChI is InChI=1S/C33H48N4O5.ClH/c1-6-7-18-36(4)19-9-20-37-29(31(39)35-25-11-8-10-21(2)22(25)3)33-17-16-26(42-33)27(28(33)32(37)40)30(38)34-23-12-14-24(41-5)15-13-23;/h12-17,21-22,25-29H,6-11,18-20H2,1-5H3,(H,34,38)(H,35,39);1H. The summed E-state index contributed by atoms with van der Waals surface area (Å²) in [6, 6.07) is 6.36. The minimum absolute atomic E-state index is 0. The molecule has 9 nitrogen and oxygen atoms in total. The van der Waals surface area contributed by atoms with E-state index in [4.69, 9.17) is 9.47 Å². The molecule has 3 heterocycles. The van der Waals surface area contributed by atoms with Crippen LogP contribution in [0.3, 0.4) is 0 Å². The van der Waals surface area contributed by atoms with E-state index in [9.17, 15) is 14.4 Å². The SMILES string of the molecule is CCCCN(C)CCCN1C(=O)C2C(C(=O)Nc3ccc(OC)cc3)C3C=CC2(O3)C1C(=O)NC1CCCC(C)C1C.Cl. The highest BCUT2D eigenvalue weighted by atomic mass is 35.5. The highest BCUT2D eigenvalue weighted by molar-refractivity contribution is 6.02. The van der Waals surface area contributed by atoms with Crippen LogP contribution in [0, 0.1) is 23.7 Å². The van der Waals surface area contributed by atoms with Crippen molar-refractivity contribution in [1.29, 1.82) is 0 Å². The average Bonchev–Trinajstić information content (AvgIpc) is 3.62. The molecule has 0 radical (unpaired) electrons. The summed E-state index contributed by atoms with van der Waals surface area (Å²) in [6.45, 7) is 8.89. The van der Waals surface area contributed by atoms with Gasteiger partial charge in [0, 0.05) is 18.3 Å². The van der Waals surface area contributed by atoms with Crippen LogP contribution >= 0.6 is 12.4 Å². The van der Waals surface area contributed by atoms with Crippen molar-refractivity contribution in [3.05, 3.63) is 36.4 Å². The summed E-state index contributed by atoms with van der Waals surface area (Å²) in [4.78, 5) is 46.1. The Hall–Kier alpha value is -2.62. The predicted octanol–water partition coefficient (Wildman–Crippen LogP) is 4.27. The van der Waals surface area contributed by atoms with Gasteiger partial charge in [-0.25, -0.2) is 0 Å². The normalized spacial score (nSPS) is 32.5. The van der Waals surface area contributed by atoms with E-state index in [0.717, 1.165) is 51.6 Å². The second-order valence-electron chi connectivity index (χ2n) is 12.8. The van der Waals surface area contributed by atoms with Crippen molar-refractivity contribution in [1.82, 2.24) is 15.1 Å². The number of anilines is 1. The van der Waals surface area contributed by atoms with Gasteiger partial charge in [-0.05, 0) is 75.5 Å². The number of ether oxygens (including phenoxy) is 2. The van der Waals surface area contributed by atoms with Crippen molar-refractivity contribution in [2.45, 2.75) is 83.1 Å². The second kappa shape index (κ2) is 14.0. The van der Waals surface area contributed by atoms with Gasteiger partial charge in [-0.1, -0.05) is 52.2 Å². The first-order valence-electron chi connectivity index (χ1n) is 15.8. The van der Waals surface area contributed by atoms with Gasteiger partial charge >= 0.3 is 0 Å². The Balaban J connectivity index is 0.00000423. The van der Waals surface area contributed by atoms with Crippen molar-refractivity contribution in [3.8, 4) is 5.75 Å². The third-order valence-electron chi connectivity index (χ3n) is 10.1. The van der Waals surface area contributed by atoms with Gasteiger partial charge in [0.05, 0.1) is 25.0 Å². The molecule has 238 valence electrons. The van der Waals surface area contributed by atoms with Gasteiger partial charge in [0.1, 0.15) is 17.4 Å². The summed E-state index contributed by atoms with van der Waals surface area (Å²) in [5, 5.41) is 6.31. The number of unbranched alkanes of at least 4 members (excludes halogenated alkanes) is 1. The predicted molar refractivity (Wildman–Crippen MR) is 169 cm³/mol. The molecule has 3 amide bonds. The summed E-state index contributed by atoms with van der Waals surface area (Å²) in [7, 11) is 3.69. The molecule has 0 aromatic heterocycles. The van der Waals surface area contributed by atoms with Crippen molar-refractivity contribution < 1.29 is 23.9 Å². The van der Waals surface area contributed by atoms with Gasteiger partial charge in [-0.2, -0.15) is 0 Å². The number of rotatable bonds is 12. The molecule has 1 aromatic carbocycles. The lowest BCUT2D eigenvalue weighted by atomic mass is 9.73. The first-order chi connectivity index (χ1) is 20.2. The molecular formula is C33H49ClN4O5. The summed E-state index contributed by atoms with van der Waals surface area (Å²) in [5.74, 6) is -0.503. The van der Waals surface area contributed by atoms with Crippen LogP contribution in [0.1, 0.15) is 59.3 Å². The van der Waals surface area contributed by atoms with E-state index in [1.54, 1.807) is 36.3 Å². The molecule has 4 aliphatic rings. The first-order valence-corrected chi connectivity index (χ1v) is 15.8. The van der Waals surface area contributed by atoms with Crippen LogP contribution in [-0.2, 0) is 19.1 Å². The number of nitrogens with one attached hydrogen (secondary N) is 2. The summed E-state index contributed by atoms with van der Waals surface area (Å²) in [5.41, 5.74) is -0.528. The molecule has 1 aliphatic carbocycles. The molecule has 1 spiro atoms. The molecule has 43 heavy (non-hydrogen) atoms. The number of carbonyl (C=O) groups excluding carboxylic acids is 3. The molecule has 8 unspecified atom stereocenters. The molecule has 5 rings (SSSR count). The van der Waals surface area contributed by atoms with Crippen LogP contribution in [0.5, 0.6) is 5.75 Å². The number of hydrogen-bond donors (Lipinski definition) is 2. The van der Waals surface area contributed by atoms with Gasteiger partial charge in [0.15, 0.2) is 0 Å². The quantitative estimate of drug-likeness (QED) is 0.340. The van der Waals surface area contributed by atoms with Crippen molar-refractivity contribution >= 4 is 35.8 Å². The lowest BCUT2D eigenvalue weighted by Gasteiger charge is -2.38. The molecule has 10 heteroatoms. The smallest absolute Gasteiger partial charge is 0.246 e. The molecular weight excluding hydrogens is 568 g/mol. The minimum Gasteiger partial charge on any atom is -0.497 e. The summed E-state index contributed by atoms with van der Waals surface area (Å²) < 4.78 is 11.7. The van der Waals surface area contributed by atoms with E-state index in [1.165, 1.54) is 0 Å². The van der Waals surface area contributed by atoms with E-state index in [1.807, 2.05) is 12.2 Å². The van der Waals surface area contributed by atoms with Crippen molar-refractivity contribution in [2.75, 3.05) is 39.1 Å². The van der Waals surface area contributed by atoms with Crippen molar-refractivity contribution in [2.24, 2.45) is 23.7 Å². The van der Waals surface area contributed by atoms with Crippen LogP contribution in [-0.4, -0.2) is 85.1 Å². The fourth-order valence-corrected chi connectivity index (χ4v) is 7.51. The molecule has 1 saturated carbocycles. The van der Waals surface area contributed by atoms with E-state index in [0.29, 0.717) is 29.8 Å². The molecule has 3 aliphatic heterocycles. The van der Waals surface area contributed by atoms with Crippen LogP contribution in [0.2, 0.25) is 0 Å². The number of benzene rings is 1. The Morgan fingerprint density at radius 1 is 1.12 bits per heavy atom. The number of methoxy groups -OCH3 is 1. The molecule has 2 saturated heterocycles. The maximum atomic E-state index is 14.2. The highest BCUT2D eigenvalue weighted by Crippen LogP contribution is 2.55. The van der Waals surface area contributed by atoms with Crippen LogP contribution in [0.25, 0.3) is 0 Å². The monoisotopic (exact) mass is 616 g/mol. The maximum absolute atomic E-state index is 14.2. The van der Waals surface area contributed by atoms with Crippen LogP contribution < -0.4 is 15.4 Å². The number of carbonyl (C=O) groups is 3. The van der Waals surface area contributed by atoms with Crippen LogP contribution in [0.15, 0.2) is 36.4 Å². The van der Waals surface area contributed by atoms with Crippen molar-refractivity contribution in [3.63, 3.8) is 0 Å². The fraction of sp³-hybridized carbons (Fsp3) is 0.667. The molecule has 8 atom stereocenters. The lowest BCUT2D eigenvalue weighted by molar-refractivity contribution is -0.141. The Morgan fingerprint density at radius 3 is 2.53 bits per heavy atom. The largest absolute Gasteiger partial charge is 0.497 e. The van der Waals surface area contributed by atoms with Gasteiger partial charge in [0.25, 0.3) is 0 Å². The Morgan fingerprint density at radius 2 is 1.84 bits per heavy atom. The van der Waals surface area contributed by atoms with Gasteiger partial charge < -0.3 is 29.9 Å². The topological polar surface area (TPSA) is 100 Å². The van der Waals surface area contributed by atoms with Gasteiger partial charge in [-0.3, -0.25) is 14.4 Å². The van der Waals surface area contributed by atoms with E-state index >= 15 is 0 Å².